The Hall–Kier alpha value is -1.33. The van der Waals surface area contributed by atoms with Crippen LogP contribution >= 0.6 is 11.6 Å². The van der Waals surface area contributed by atoms with Gasteiger partial charge in [-0.25, -0.2) is 0 Å². The van der Waals surface area contributed by atoms with Crippen LogP contribution in [0.25, 0.3) is 0 Å². The molecule has 0 spiro atoms. The molecule has 2 atom stereocenters. The lowest BCUT2D eigenvalue weighted by Crippen LogP contribution is -2.62. The quantitative estimate of drug-likeness (QED) is 0.641. The molecule has 116 valence electrons. The summed E-state index contributed by atoms with van der Waals surface area (Å²) < 4.78 is 5.92. The van der Waals surface area contributed by atoms with Gasteiger partial charge in [0.1, 0.15) is 11.9 Å². The highest BCUT2D eigenvalue weighted by molar-refractivity contribution is 6.32. The maximum Gasteiger partial charge on any atom is 0.273 e. The fraction of sp³-hybridized carbons (Fsp3) is 0.600. The fourth-order valence-electron chi connectivity index (χ4n) is 2.60. The molecule has 1 aliphatic carbocycles. The van der Waals surface area contributed by atoms with Crippen LogP contribution in [0.15, 0.2) is 18.2 Å². The van der Waals surface area contributed by atoms with E-state index in [9.17, 15) is 10.1 Å². The molecule has 0 amide bonds. The van der Waals surface area contributed by atoms with Crippen LogP contribution in [0.1, 0.15) is 33.6 Å². The zero-order valence-electron chi connectivity index (χ0n) is 12.6. The van der Waals surface area contributed by atoms with Gasteiger partial charge in [0.2, 0.25) is 0 Å². The first-order valence-electron chi connectivity index (χ1n) is 7.20. The van der Waals surface area contributed by atoms with Gasteiger partial charge in [-0.15, -0.1) is 0 Å². The third-order valence-electron chi connectivity index (χ3n) is 4.21. The van der Waals surface area contributed by atoms with Crippen LogP contribution in [0.3, 0.4) is 0 Å². The minimum atomic E-state index is -0.444. The first-order chi connectivity index (χ1) is 9.86. The summed E-state index contributed by atoms with van der Waals surface area (Å²) in [6.07, 6.45) is 1.98. The Bertz CT molecular complexity index is 534. The molecule has 1 saturated carbocycles. The van der Waals surface area contributed by atoms with E-state index in [0.717, 1.165) is 19.4 Å². The van der Waals surface area contributed by atoms with Gasteiger partial charge in [0, 0.05) is 23.9 Å². The molecule has 0 saturated heterocycles. The van der Waals surface area contributed by atoms with E-state index in [1.807, 2.05) is 0 Å². The molecular formula is C15H21ClN2O3. The minimum Gasteiger partial charge on any atom is -0.488 e. The van der Waals surface area contributed by atoms with Gasteiger partial charge in [-0.05, 0) is 19.0 Å². The van der Waals surface area contributed by atoms with Crippen LogP contribution in [-0.4, -0.2) is 23.6 Å². The number of benzene rings is 1. The molecule has 0 aliphatic heterocycles. The van der Waals surface area contributed by atoms with Crippen LogP contribution in [0, 0.1) is 15.5 Å². The van der Waals surface area contributed by atoms with Gasteiger partial charge in [-0.2, -0.15) is 0 Å². The summed E-state index contributed by atoms with van der Waals surface area (Å²) in [7, 11) is 0. The highest BCUT2D eigenvalue weighted by Gasteiger charge is 2.49. The summed E-state index contributed by atoms with van der Waals surface area (Å²) in [6.45, 7) is 7.40. The second-order valence-corrected chi connectivity index (χ2v) is 6.45. The van der Waals surface area contributed by atoms with E-state index in [0.29, 0.717) is 16.8 Å². The maximum atomic E-state index is 10.8. The molecule has 2 unspecified atom stereocenters. The first kappa shape index (κ1) is 16.0. The van der Waals surface area contributed by atoms with Crippen LogP contribution in [0.2, 0.25) is 5.02 Å². The van der Waals surface area contributed by atoms with E-state index in [1.165, 1.54) is 18.2 Å². The standard InChI is InChI=1S/C15H21ClN2O3/c1-4-7-17-13-9-14(15(13,2)3)21-12-8-10(18(19)20)5-6-11(12)16/h5-6,8,13-14,17H,4,7,9H2,1-3H3. The maximum absolute atomic E-state index is 10.8. The normalized spacial score (nSPS) is 23.4. The summed E-state index contributed by atoms with van der Waals surface area (Å²) in [6, 6.07) is 4.69. The predicted octanol–water partition coefficient (Wildman–Crippen LogP) is 3.79. The largest absolute Gasteiger partial charge is 0.488 e. The van der Waals surface area contributed by atoms with Crippen LogP contribution in [-0.2, 0) is 0 Å². The Morgan fingerprint density at radius 1 is 1.52 bits per heavy atom. The van der Waals surface area contributed by atoms with Crippen molar-refractivity contribution < 1.29 is 9.66 Å². The molecule has 5 nitrogen and oxygen atoms in total. The molecule has 21 heavy (non-hydrogen) atoms. The van der Waals surface area contributed by atoms with Crippen molar-refractivity contribution in [2.45, 2.75) is 45.8 Å². The lowest BCUT2D eigenvalue weighted by Gasteiger charge is -2.51. The van der Waals surface area contributed by atoms with Crippen LogP contribution in [0.4, 0.5) is 5.69 Å². The zero-order chi connectivity index (χ0) is 15.6. The zero-order valence-corrected chi connectivity index (χ0v) is 13.3. The summed E-state index contributed by atoms with van der Waals surface area (Å²) in [5.74, 6) is 0.387. The molecular weight excluding hydrogens is 292 g/mol. The van der Waals surface area contributed by atoms with Gasteiger partial charge >= 0.3 is 0 Å². The highest BCUT2D eigenvalue weighted by atomic mass is 35.5. The molecule has 1 aliphatic rings. The Balaban J connectivity index is 2.06. The van der Waals surface area contributed by atoms with Crippen LogP contribution < -0.4 is 10.1 Å². The second kappa shape index (κ2) is 6.20. The van der Waals surface area contributed by atoms with Crippen molar-refractivity contribution in [3.8, 4) is 5.75 Å². The molecule has 1 aromatic carbocycles. The van der Waals surface area contributed by atoms with E-state index < -0.39 is 4.92 Å². The number of rotatable bonds is 6. The Morgan fingerprint density at radius 3 is 2.81 bits per heavy atom. The van der Waals surface area contributed by atoms with E-state index in [2.05, 4.69) is 26.1 Å². The van der Waals surface area contributed by atoms with E-state index in [1.54, 1.807) is 0 Å². The Labute approximate surface area is 129 Å². The smallest absolute Gasteiger partial charge is 0.273 e. The summed E-state index contributed by atoms with van der Waals surface area (Å²) in [5.41, 5.74) is -0.0319. The van der Waals surface area contributed by atoms with Crippen molar-refractivity contribution in [2.75, 3.05) is 6.54 Å². The Kier molecular flexibility index (Phi) is 4.74. The molecule has 0 bridgehead atoms. The summed E-state index contributed by atoms with van der Waals surface area (Å²) in [4.78, 5) is 10.4. The number of nitro groups is 1. The van der Waals surface area contributed by atoms with Crippen molar-refractivity contribution in [2.24, 2.45) is 5.41 Å². The lowest BCUT2D eigenvalue weighted by molar-refractivity contribution is -0.385. The number of nitrogens with one attached hydrogen (secondary N) is 1. The van der Waals surface area contributed by atoms with Crippen molar-refractivity contribution in [1.82, 2.24) is 5.32 Å². The number of ether oxygens (including phenoxy) is 1. The average molecular weight is 313 g/mol. The predicted molar refractivity (Wildman–Crippen MR) is 83.0 cm³/mol. The number of hydrogen-bond acceptors (Lipinski definition) is 4. The molecule has 0 radical (unpaired) electrons. The molecule has 0 heterocycles. The number of non-ortho nitro benzene ring substituents is 1. The summed E-state index contributed by atoms with van der Waals surface area (Å²) >= 11 is 6.08. The first-order valence-corrected chi connectivity index (χ1v) is 7.58. The number of hydrogen-bond donors (Lipinski definition) is 1. The van der Waals surface area contributed by atoms with E-state index >= 15 is 0 Å². The lowest BCUT2D eigenvalue weighted by atomic mass is 9.64. The topological polar surface area (TPSA) is 64.4 Å². The van der Waals surface area contributed by atoms with Crippen molar-refractivity contribution >= 4 is 17.3 Å². The van der Waals surface area contributed by atoms with Gasteiger partial charge in [-0.3, -0.25) is 10.1 Å². The molecule has 0 aromatic heterocycles. The van der Waals surface area contributed by atoms with Gasteiger partial charge in [0.25, 0.3) is 5.69 Å². The molecule has 1 N–H and O–H groups in total. The van der Waals surface area contributed by atoms with Crippen molar-refractivity contribution in [3.63, 3.8) is 0 Å². The fourth-order valence-corrected chi connectivity index (χ4v) is 2.76. The van der Waals surface area contributed by atoms with Gasteiger partial charge in [0.15, 0.2) is 0 Å². The van der Waals surface area contributed by atoms with E-state index in [4.69, 9.17) is 16.3 Å². The summed E-state index contributed by atoms with van der Waals surface area (Å²) in [5, 5.41) is 14.7. The number of halogens is 1. The minimum absolute atomic E-state index is 0.00589. The third-order valence-corrected chi connectivity index (χ3v) is 4.53. The van der Waals surface area contributed by atoms with Crippen molar-refractivity contribution in [3.05, 3.63) is 33.3 Å². The van der Waals surface area contributed by atoms with Crippen molar-refractivity contribution in [1.29, 1.82) is 0 Å². The molecule has 6 heteroatoms. The third kappa shape index (κ3) is 3.30. The van der Waals surface area contributed by atoms with Crippen LogP contribution in [0.5, 0.6) is 5.75 Å². The van der Waals surface area contributed by atoms with Gasteiger partial charge < -0.3 is 10.1 Å². The highest BCUT2D eigenvalue weighted by Crippen LogP contribution is 2.44. The second-order valence-electron chi connectivity index (χ2n) is 6.04. The molecule has 2 rings (SSSR count). The molecule has 1 aromatic rings. The SMILES string of the molecule is CCCNC1CC(Oc2cc([N+](=O)[O-])ccc2Cl)C1(C)C. The van der Waals surface area contributed by atoms with E-state index in [-0.39, 0.29) is 17.2 Å². The monoisotopic (exact) mass is 312 g/mol. The molecule has 1 fully saturated rings. The van der Waals surface area contributed by atoms with Gasteiger partial charge in [0.05, 0.1) is 16.0 Å². The number of nitro benzene ring substituents is 1. The van der Waals surface area contributed by atoms with Gasteiger partial charge in [-0.1, -0.05) is 32.4 Å². The average Bonchev–Trinajstić information content (AvgIpc) is 2.43. The Morgan fingerprint density at radius 2 is 2.24 bits per heavy atom. The number of nitrogens with zero attached hydrogens (tertiary/aromatic N) is 1.